The van der Waals surface area contributed by atoms with E-state index in [0.717, 1.165) is 5.82 Å². The molecule has 1 aromatic carbocycles. The van der Waals surface area contributed by atoms with E-state index in [-0.39, 0.29) is 11.2 Å². The summed E-state index contributed by atoms with van der Waals surface area (Å²) < 4.78 is 1.91. The topological polar surface area (TPSA) is 59.8 Å². The SMILES string of the molecule is C=CCn1c(C)nnc1SC(C)C(=O)Nc1ccccc1Cl. The molecule has 0 spiro atoms. The number of halogens is 1. The number of hydrogen-bond acceptors (Lipinski definition) is 4. The standard InChI is InChI=1S/C15H17ClN4OS/c1-4-9-20-11(3)18-19-15(20)22-10(2)14(21)17-13-8-6-5-7-12(13)16/h4-8,10H,1,9H2,2-3H3,(H,17,21). The number of allylic oxidation sites excluding steroid dienone is 1. The molecule has 22 heavy (non-hydrogen) atoms. The van der Waals surface area contributed by atoms with Crippen LogP contribution in [0, 0.1) is 6.92 Å². The molecular formula is C15H17ClN4OS. The van der Waals surface area contributed by atoms with E-state index in [1.807, 2.05) is 30.5 Å². The van der Waals surface area contributed by atoms with Gasteiger partial charge in [0.05, 0.1) is 16.0 Å². The maximum atomic E-state index is 12.3. The molecule has 0 bridgehead atoms. The van der Waals surface area contributed by atoms with Crippen molar-refractivity contribution in [3.8, 4) is 0 Å². The van der Waals surface area contributed by atoms with Crippen LogP contribution in [-0.4, -0.2) is 25.9 Å². The highest BCUT2D eigenvalue weighted by Gasteiger charge is 2.19. The molecule has 0 aliphatic heterocycles. The zero-order chi connectivity index (χ0) is 16.1. The van der Waals surface area contributed by atoms with Crippen molar-refractivity contribution in [2.75, 3.05) is 5.32 Å². The van der Waals surface area contributed by atoms with Crippen LogP contribution in [-0.2, 0) is 11.3 Å². The van der Waals surface area contributed by atoms with Crippen molar-refractivity contribution in [2.45, 2.75) is 30.8 Å². The van der Waals surface area contributed by atoms with Crippen LogP contribution >= 0.6 is 23.4 Å². The van der Waals surface area contributed by atoms with Gasteiger partial charge in [-0.1, -0.05) is 41.6 Å². The average molecular weight is 337 g/mol. The van der Waals surface area contributed by atoms with Crippen LogP contribution in [0.1, 0.15) is 12.7 Å². The Morgan fingerprint density at radius 3 is 2.91 bits per heavy atom. The number of hydrogen-bond donors (Lipinski definition) is 1. The van der Waals surface area contributed by atoms with Crippen LogP contribution in [0.4, 0.5) is 5.69 Å². The van der Waals surface area contributed by atoms with Crippen molar-refractivity contribution < 1.29 is 4.79 Å². The zero-order valence-electron chi connectivity index (χ0n) is 12.4. The fourth-order valence-corrected chi connectivity index (χ4v) is 2.88. The maximum Gasteiger partial charge on any atom is 0.237 e. The van der Waals surface area contributed by atoms with Gasteiger partial charge in [0.2, 0.25) is 5.91 Å². The summed E-state index contributed by atoms with van der Waals surface area (Å²) in [6.07, 6.45) is 1.77. The van der Waals surface area contributed by atoms with Gasteiger partial charge in [0.25, 0.3) is 0 Å². The number of carbonyl (C=O) groups excluding carboxylic acids is 1. The summed E-state index contributed by atoms with van der Waals surface area (Å²) in [5, 5.41) is 11.8. The molecule has 0 aliphatic rings. The third kappa shape index (κ3) is 3.90. The van der Waals surface area contributed by atoms with E-state index in [9.17, 15) is 4.79 Å². The Labute approximate surface area is 138 Å². The van der Waals surface area contributed by atoms with Crippen LogP contribution in [0.2, 0.25) is 5.02 Å². The van der Waals surface area contributed by atoms with E-state index >= 15 is 0 Å². The van der Waals surface area contributed by atoms with E-state index in [1.54, 1.807) is 18.2 Å². The van der Waals surface area contributed by atoms with Gasteiger partial charge in [-0.15, -0.1) is 16.8 Å². The highest BCUT2D eigenvalue weighted by atomic mass is 35.5. The van der Waals surface area contributed by atoms with Crippen LogP contribution in [0.15, 0.2) is 42.1 Å². The molecule has 1 heterocycles. The lowest BCUT2D eigenvalue weighted by Gasteiger charge is -2.13. The molecule has 1 aromatic heterocycles. The lowest BCUT2D eigenvalue weighted by atomic mass is 10.3. The number of anilines is 1. The molecular weight excluding hydrogens is 320 g/mol. The number of thioether (sulfide) groups is 1. The fraction of sp³-hybridized carbons (Fsp3) is 0.267. The van der Waals surface area contributed by atoms with E-state index in [4.69, 9.17) is 11.6 Å². The molecule has 1 N–H and O–H groups in total. The quantitative estimate of drug-likeness (QED) is 0.647. The Balaban J connectivity index is 2.06. The van der Waals surface area contributed by atoms with Crippen molar-refractivity contribution >= 4 is 35.0 Å². The second-order valence-corrected chi connectivity index (χ2v) is 6.37. The van der Waals surface area contributed by atoms with Gasteiger partial charge in [-0.25, -0.2) is 0 Å². The monoisotopic (exact) mass is 336 g/mol. The number of rotatable bonds is 6. The third-order valence-corrected chi connectivity index (χ3v) is 4.41. The molecule has 0 fully saturated rings. The Kier molecular flexibility index (Phi) is 5.63. The lowest BCUT2D eigenvalue weighted by molar-refractivity contribution is -0.115. The van der Waals surface area contributed by atoms with Crippen molar-refractivity contribution in [3.63, 3.8) is 0 Å². The maximum absolute atomic E-state index is 12.3. The minimum atomic E-state index is -0.330. The lowest BCUT2D eigenvalue weighted by Crippen LogP contribution is -2.23. The number of aryl methyl sites for hydroxylation is 1. The van der Waals surface area contributed by atoms with Crippen molar-refractivity contribution in [2.24, 2.45) is 0 Å². The molecule has 1 atom stereocenters. The van der Waals surface area contributed by atoms with E-state index in [2.05, 4.69) is 22.1 Å². The van der Waals surface area contributed by atoms with Crippen LogP contribution in [0.25, 0.3) is 0 Å². The summed E-state index contributed by atoms with van der Waals surface area (Å²) >= 11 is 7.39. The number of nitrogens with zero attached hydrogens (tertiary/aromatic N) is 3. The molecule has 116 valence electrons. The second kappa shape index (κ2) is 7.47. The van der Waals surface area contributed by atoms with Gasteiger partial charge in [-0.2, -0.15) is 0 Å². The molecule has 0 saturated carbocycles. The largest absolute Gasteiger partial charge is 0.324 e. The Hall–Kier alpha value is -1.79. The normalized spacial score (nSPS) is 12.0. The highest BCUT2D eigenvalue weighted by molar-refractivity contribution is 8.00. The zero-order valence-corrected chi connectivity index (χ0v) is 14.0. The molecule has 2 rings (SSSR count). The molecule has 0 radical (unpaired) electrons. The first-order valence-electron chi connectivity index (χ1n) is 6.75. The summed E-state index contributed by atoms with van der Waals surface area (Å²) in [4.78, 5) is 12.3. The van der Waals surface area contributed by atoms with Crippen molar-refractivity contribution in [1.82, 2.24) is 14.8 Å². The minimum absolute atomic E-state index is 0.135. The molecule has 1 amide bonds. The predicted octanol–water partition coefficient (Wildman–Crippen LogP) is 3.55. The Morgan fingerprint density at radius 1 is 1.50 bits per heavy atom. The number of nitrogens with one attached hydrogen (secondary N) is 1. The summed E-state index contributed by atoms with van der Waals surface area (Å²) in [7, 11) is 0. The molecule has 1 unspecified atom stereocenters. The smallest absolute Gasteiger partial charge is 0.237 e. The Bertz CT molecular complexity index is 686. The first kappa shape index (κ1) is 16.6. The van der Waals surface area contributed by atoms with E-state index in [0.29, 0.717) is 22.4 Å². The predicted molar refractivity (Wildman–Crippen MR) is 90.4 cm³/mol. The van der Waals surface area contributed by atoms with Gasteiger partial charge >= 0.3 is 0 Å². The number of carbonyl (C=O) groups is 1. The second-order valence-electron chi connectivity index (χ2n) is 4.66. The first-order chi connectivity index (χ1) is 10.5. The number of amides is 1. The molecule has 7 heteroatoms. The molecule has 0 saturated heterocycles. The number of para-hydroxylation sites is 1. The van der Waals surface area contributed by atoms with Crippen LogP contribution in [0.5, 0.6) is 0 Å². The van der Waals surface area contributed by atoms with Gasteiger partial charge in [0.15, 0.2) is 5.16 Å². The first-order valence-corrected chi connectivity index (χ1v) is 8.01. The number of aromatic nitrogens is 3. The van der Waals surface area contributed by atoms with Crippen molar-refractivity contribution in [1.29, 1.82) is 0 Å². The van der Waals surface area contributed by atoms with Gasteiger partial charge < -0.3 is 9.88 Å². The van der Waals surface area contributed by atoms with Gasteiger partial charge in [0, 0.05) is 6.54 Å². The Morgan fingerprint density at radius 2 is 2.23 bits per heavy atom. The summed E-state index contributed by atoms with van der Waals surface area (Å²) in [6, 6.07) is 7.14. The fourth-order valence-electron chi connectivity index (χ4n) is 1.80. The van der Waals surface area contributed by atoms with Gasteiger partial charge in [-0.3, -0.25) is 4.79 Å². The number of benzene rings is 1. The molecule has 0 aliphatic carbocycles. The molecule has 5 nitrogen and oxygen atoms in total. The van der Waals surface area contributed by atoms with Crippen molar-refractivity contribution in [3.05, 3.63) is 47.8 Å². The van der Waals surface area contributed by atoms with Gasteiger partial charge in [0.1, 0.15) is 5.82 Å². The summed E-state index contributed by atoms with van der Waals surface area (Å²) in [5.74, 6) is 0.657. The van der Waals surface area contributed by atoms with Crippen LogP contribution < -0.4 is 5.32 Å². The average Bonchev–Trinajstić information content (AvgIpc) is 2.83. The molecule has 2 aromatic rings. The summed E-state index contributed by atoms with van der Waals surface area (Å²) in [5.41, 5.74) is 0.602. The van der Waals surface area contributed by atoms with Gasteiger partial charge in [-0.05, 0) is 26.0 Å². The van der Waals surface area contributed by atoms with Crippen LogP contribution in [0.3, 0.4) is 0 Å². The summed E-state index contributed by atoms with van der Waals surface area (Å²) in [6.45, 7) is 8.02. The minimum Gasteiger partial charge on any atom is -0.324 e. The highest BCUT2D eigenvalue weighted by Crippen LogP contribution is 2.25. The van der Waals surface area contributed by atoms with E-state index < -0.39 is 0 Å². The van der Waals surface area contributed by atoms with E-state index in [1.165, 1.54) is 11.8 Å². The third-order valence-electron chi connectivity index (χ3n) is 3.00.